The largest absolute Gasteiger partial charge is 0.310 e. The second-order valence-corrected chi connectivity index (χ2v) is 8.16. The van der Waals surface area contributed by atoms with E-state index in [1.165, 1.54) is 23.9 Å². The van der Waals surface area contributed by atoms with Crippen molar-refractivity contribution in [1.82, 2.24) is 24.5 Å². The van der Waals surface area contributed by atoms with Gasteiger partial charge in [0.2, 0.25) is 5.91 Å². The third kappa shape index (κ3) is 4.78. The number of anilines is 1. The molecule has 0 fully saturated rings. The van der Waals surface area contributed by atoms with E-state index in [-0.39, 0.29) is 17.5 Å². The smallest absolute Gasteiger partial charge is 0.236 e. The van der Waals surface area contributed by atoms with Gasteiger partial charge >= 0.3 is 0 Å². The summed E-state index contributed by atoms with van der Waals surface area (Å²) in [5.74, 6) is 0.0474. The maximum absolute atomic E-state index is 13.2. The molecule has 0 unspecified atom stereocenters. The maximum atomic E-state index is 13.2. The molecule has 31 heavy (non-hydrogen) atoms. The minimum Gasteiger partial charge on any atom is -0.310 e. The molecule has 7 nitrogen and oxygen atoms in total. The molecule has 0 radical (unpaired) electrons. The van der Waals surface area contributed by atoms with Crippen molar-refractivity contribution in [1.29, 1.82) is 0 Å². The summed E-state index contributed by atoms with van der Waals surface area (Å²) in [6.07, 6.45) is 1.58. The average molecular weight is 457 g/mol. The Morgan fingerprint density at radius 2 is 1.87 bits per heavy atom. The molecular formula is C21H18ClFN6OS. The minimum atomic E-state index is -0.339. The molecule has 0 bridgehead atoms. The summed E-state index contributed by atoms with van der Waals surface area (Å²) < 4.78 is 16.6. The van der Waals surface area contributed by atoms with Gasteiger partial charge in [-0.2, -0.15) is 5.10 Å². The fourth-order valence-corrected chi connectivity index (χ4v) is 3.81. The molecule has 0 saturated carbocycles. The van der Waals surface area contributed by atoms with Crippen molar-refractivity contribution < 1.29 is 9.18 Å². The van der Waals surface area contributed by atoms with Crippen molar-refractivity contribution >= 4 is 35.1 Å². The summed E-state index contributed by atoms with van der Waals surface area (Å²) in [5.41, 5.74) is 3.16. The Morgan fingerprint density at radius 1 is 1.13 bits per heavy atom. The first kappa shape index (κ1) is 21.1. The molecule has 0 atom stereocenters. The normalized spacial score (nSPS) is 11.0. The predicted molar refractivity (Wildman–Crippen MR) is 119 cm³/mol. The number of aryl methyl sites for hydroxylation is 2. The number of rotatable bonds is 6. The first-order valence-corrected chi connectivity index (χ1v) is 10.7. The highest BCUT2D eigenvalue weighted by Crippen LogP contribution is 2.24. The average Bonchev–Trinajstić information content (AvgIpc) is 3.35. The van der Waals surface area contributed by atoms with Crippen molar-refractivity contribution in [3.8, 4) is 11.4 Å². The second-order valence-electron chi connectivity index (χ2n) is 6.81. The van der Waals surface area contributed by atoms with Gasteiger partial charge in [0.05, 0.1) is 22.8 Å². The van der Waals surface area contributed by atoms with Crippen molar-refractivity contribution in [2.24, 2.45) is 0 Å². The van der Waals surface area contributed by atoms with Crippen molar-refractivity contribution in [2.75, 3.05) is 11.1 Å². The first-order valence-electron chi connectivity index (χ1n) is 9.32. The van der Waals surface area contributed by atoms with Crippen LogP contribution in [0.5, 0.6) is 0 Å². The highest BCUT2D eigenvalue weighted by Gasteiger charge is 2.14. The van der Waals surface area contributed by atoms with Crippen LogP contribution in [0.1, 0.15) is 11.3 Å². The zero-order valence-corrected chi connectivity index (χ0v) is 18.3. The summed E-state index contributed by atoms with van der Waals surface area (Å²) in [6.45, 7) is 3.75. The molecule has 0 saturated heterocycles. The van der Waals surface area contributed by atoms with E-state index < -0.39 is 0 Å². The quantitative estimate of drug-likeness (QED) is 0.429. The SMILES string of the molecule is Cc1cc(NC(=O)CSc2nncn2-c2ccc(C)c(Cl)c2)n(-c2ccc(F)cc2)n1. The van der Waals surface area contributed by atoms with E-state index in [1.807, 2.05) is 32.0 Å². The van der Waals surface area contributed by atoms with E-state index in [2.05, 4.69) is 20.6 Å². The molecule has 4 aromatic rings. The number of nitrogens with zero attached hydrogens (tertiary/aromatic N) is 5. The zero-order valence-electron chi connectivity index (χ0n) is 16.7. The Bertz CT molecular complexity index is 1240. The molecule has 2 heterocycles. The van der Waals surface area contributed by atoms with Crippen LogP contribution in [0.3, 0.4) is 0 Å². The monoisotopic (exact) mass is 456 g/mol. The van der Waals surface area contributed by atoms with Gasteiger partial charge in [-0.25, -0.2) is 9.07 Å². The first-order chi connectivity index (χ1) is 14.9. The molecule has 1 N–H and O–H groups in total. The van der Waals surface area contributed by atoms with Crippen molar-refractivity contribution in [2.45, 2.75) is 19.0 Å². The number of hydrogen-bond donors (Lipinski definition) is 1. The lowest BCUT2D eigenvalue weighted by atomic mass is 10.2. The minimum absolute atomic E-state index is 0.117. The summed E-state index contributed by atoms with van der Waals surface area (Å²) in [6, 6.07) is 13.3. The number of carbonyl (C=O) groups is 1. The van der Waals surface area contributed by atoms with Gasteiger partial charge < -0.3 is 5.32 Å². The zero-order chi connectivity index (χ0) is 22.0. The number of nitrogens with one attached hydrogen (secondary N) is 1. The number of hydrogen-bond acceptors (Lipinski definition) is 5. The molecule has 0 aliphatic carbocycles. The van der Waals surface area contributed by atoms with Gasteiger partial charge in [-0.05, 0) is 55.8 Å². The van der Waals surface area contributed by atoms with Crippen LogP contribution in [0.4, 0.5) is 10.2 Å². The Morgan fingerprint density at radius 3 is 2.61 bits per heavy atom. The third-order valence-corrected chi connectivity index (χ3v) is 5.80. The van der Waals surface area contributed by atoms with Gasteiger partial charge in [0.1, 0.15) is 18.0 Å². The van der Waals surface area contributed by atoms with Gasteiger partial charge in [-0.15, -0.1) is 10.2 Å². The highest BCUT2D eigenvalue weighted by molar-refractivity contribution is 7.99. The number of aromatic nitrogens is 5. The molecule has 0 aliphatic rings. The van der Waals surface area contributed by atoms with E-state index in [1.54, 1.807) is 33.8 Å². The van der Waals surface area contributed by atoms with Crippen LogP contribution in [-0.2, 0) is 4.79 Å². The Hall–Kier alpha value is -3.17. The van der Waals surface area contributed by atoms with Crippen LogP contribution in [0, 0.1) is 19.7 Å². The third-order valence-electron chi connectivity index (χ3n) is 4.45. The lowest BCUT2D eigenvalue weighted by Gasteiger charge is -2.10. The summed E-state index contributed by atoms with van der Waals surface area (Å²) in [4.78, 5) is 12.6. The fourth-order valence-electron chi connectivity index (χ4n) is 2.91. The molecule has 2 aromatic heterocycles. The highest BCUT2D eigenvalue weighted by atomic mass is 35.5. The predicted octanol–water partition coefficient (Wildman–Crippen LogP) is 4.59. The topological polar surface area (TPSA) is 77.6 Å². The Labute approximate surface area is 187 Å². The van der Waals surface area contributed by atoms with E-state index >= 15 is 0 Å². The standard InChI is InChI=1S/C21H18ClFN6OS/c1-13-3-6-17(10-18(13)22)28-12-24-26-21(28)31-11-20(30)25-19-9-14(2)27-29(19)16-7-4-15(23)5-8-16/h3-10,12H,11H2,1-2H3,(H,25,30). The van der Waals surface area contributed by atoms with Crippen LogP contribution in [0.25, 0.3) is 11.4 Å². The number of thioether (sulfide) groups is 1. The van der Waals surface area contributed by atoms with E-state index in [9.17, 15) is 9.18 Å². The van der Waals surface area contributed by atoms with Crippen LogP contribution in [0.15, 0.2) is 60.0 Å². The molecule has 0 aliphatic heterocycles. The fraction of sp³-hybridized carbons (Fsp3) is 0.143. The maximum Gasteiger partial charge on any atom is 0.236 e. The van der Waals surface area contributed by atoms with E-state index in [4.69, 9.17) is 11.6 Å². The van der Waals surface area contributed by atoms with Crippen molar-refractivity contribution in [3.63, 3.8) is 0 Å². The van der Waals surface area contributed by atoms with Gasteiger partial charge in [-0.3, -0.25) is 9.36 Å². The lowest BCUT2D eigenvalue weighted by Crippen LogP contribution is -2.17. The molecular weight excluding hydrogens is 439 g/mol. The van der Waals surface area contributed by atoms with E-state index in [0.717, 1.165) is 16.9 Å². The number of carbonyl (C=O) groups excluding carboxylic acids is 1. The van der Waals surface area contributed by atoms with Crippen LogP contribution in [0.2, 0.25) is 5.02 Å². The number of halogens is 2. The Balaban J connectivity index is 1.46. The number of amides is 1. The van der Waals surface area contributed by atoms with Crippen LogP contribution in [-0.4, -0.2) is 36.2 Å². The van der Waals surface area contributed by atoms with Gasteiger partial charge in [-0.1, -0.05) is 29.4 Å². The second kappa shape index (κ2) is 8.91. The van der Waals surface area contributed by atoms with Crippen LogP contribution < -0.4 is 5.32 Å². The van der Waals surface area contributed by atoms with Gasteiger partial charge in [0.25, 0.3) is 0 Å². The number of benzene rings is 2. The lowest BCUT2D eigenvalue weighted by molar-refractivity contribution is -0.113. The molecule has 1 amide bonds. The summed E-state index contributed by atoms with van der Waals surface area (Å²) >= 11 is 7.47. The van der Waals surface area contributed by atoms with Crippen molar-refractivity contribution in [3.05, 3.63) is 77.0 Å². The molecule has 0 spiro atoms. The molecule has 10 heteroatoms. The van der Waals surface area contributed by atoms with Crippen LogP contribution >= 0.6 is 23.4 Å². The molecule has 158 valence electrons. The van der Waals surface area contributed by atoms with E-state index in [0.29, 0.717) is 21.7 Å². The van der Waals surface area contributed by atoms with Gasteiger partial charge in [0, 0.05) is 11.1 Å². The molecule has 4 rings (SSSR count). The molecule has 2 aromatic carbocycles. The summed E-state index contributed by atoms with van der Waals surface area (Å²) in [5, 5.41) is 16.5. The summed E-state index contributed by atoms with van der Waals surface area (Å²) in [7, 11) is 0. The Kier molecular flexibility index (Phi) is 6.06. The van der Waals surface area contributed by atoms with Gasteiger partial charge in [0.15, 0.2) is 5.16 Å².